The summed E-state index contributed by atoms with van der Waals surface area (Å²) in [6, 6.07) is 17.6. The van der Waals surface area contributed by atoms with E-state index in [1.54, 1.807) is 36.4 Å². The molecule has 23 heavy (non-hydrogen) atoms. The molecule has 1 nitrogen and oxygen atoms in total. The molecule has 0 N–H and O–H groups in total. The number of Topliss-reactive ketones (excluding diaryl/α,β-unsaturated/α-hetero) is 1. The predicted octanol–water partition coefficient (Wildman–Crippen LogP) is 5.51. The van der Waals surface area contributed by atoms with Crippen LogP contribution in [0.2, 0.25) is 0 Å². The zero-order valence-corrected chi connectivity index (χ0v) is 12.8. The standard InChI is InChI=1S/C18H13F3OS/c19-18(20,21)17(22)16(23-15-11-5-2-6-12-15)13-7-10-14-8-3-1-4-9-14/h1-13H/b10-7+,16-13-. The monoisotopic (exact) mass is 334 g/mol. The van der Waals surface area contributed by atoms with E-state index in [1.165, 1.54) is 12.2 Å². The fraction of sp³-hybridized carbons (Fsp3) is 0.0556. The number of rotatable bonds is 5. The van der Waals surface area contributed by atoms with E-state index in [4.69, 9.17) is 0 Å². The Balaban J connectivity index is 2.24. The molecule has 5 heteroatoms. The molecule has 0 saturated heterocycles. The van der Waals surface area contributed by atoms with Crippen molar-refractivity contribution in [2.24, 2.45) is 0 Å². The number of halogens is 3. The SMILES string of the molecule is O=C(/C(=C/C=C/c1ccccc1)Sc1ccccc1)C(F)(F)F. The van der Waals surface area contributed by atoms with E-state index in [0.29, 0.717) is 4.90 Å². The lowest BCUT2D eigenvalue weighted by atomic mass is 10.2. The van der Waals surface area contributed by atoms with Crippen molar-refractivity contribution in [1.82, 2.24) is 0 Å². The lowest BCUT2D eigenvalue weighted by Crippen LogP contribution is -2.23. The molecule has 0 heterocycles. The maximum Gasteiger partial charge on any atom is 0.455 e. The summed E-state index contributed by atoms with van der Waals surface area (Å²) in [5.41, 5.74) is 0.840. The zero-order valence-electron chi connectivity index (χ0n) is 12.0. The van der Waals surface area contributed by atoms with Gasteiger partial charge in [-0.15, -0.1) is 0 Å². The first kappa shape index (κ1) is 17.1. The highest BCUT2D eigenvalue weighted by molar-refractivity contribution is 8.04. The van der Waals surface area contributed by atoms with Crippen LogP contribution in [0, 0.1) is 0 Å². The van der Waals surface area contributed by atoms with E-state index in [0.717, 1.165) is 17.3 Å². The fourth-order valence-corrected chi connectivity index (χ4v) is 2.62. The fourth-order valence-electron chi connectivity index (χ4n) is 1.72. The summed E-state index contributed by atoms with van der Waals surface area (Å²) in [4.78, 5) is 11.8. The van der Waals surface area contributed by atoms with Crippen LogP contribution in [0.1, 0.15) is 5.56 Å². The summed E-state index contributed by atoms with van der Waals surface area (Å²) in [5.74, 6) is -1.84. The minimum absolute atomic E-state index is 0.365. The van der Waals surface area contributed by atoms with Gasteiger partial charge in [-0.3, -0.25) is 4.79 Å². The molecule has 118 valence electrons. The Morgan fingerprint density at radius 1 is 0.913 bits per heavy atom. The van der Waals surface area contributed by atoms with Gasteiger partial charge >= 0.3 is 6.18 Å². The molecule has 2 aromatic carbocycles. The van der Waals surface area contributed by atoms with Gasteiger partial charge in [-0.25, -0.2) is 0 Å². The van der Waals surface area contributed by atoms with E-state index < -0.39 is 12.0 Å². The van der Waals surface area contributed by atoms with Crippen LogP contribution in [0.5, 0.6) is 0 Å². The van der Waals surface area contributed by atoms with Crippen molar-refractivity contribution in [2.45, 2.75) is 11.1 Å². The number of ketones is 1. The minimum atomic E-state index is -4.89. The Kier molecular flexibility index (Phi) is 5.82. The average molecular weight is 334 g/mol. The first-order chi connectivity index (χ1) is 11.0. The molecule has 0 aliphatic carbocycles. The molecular weight excluding hydrogens is 321 g/mol. The average Bonchev–Trinajstić information content (AvgIpc) is 2.54. The van der Waals surface area contributed by atoms with Gasteiger partial charge < -0.3 is 0 Å². The summed E-state index contributed by atoms with van der Waals surface area (Å²) < 4.78 is 38.2. The third kappa shape index (κ3) is 5.45. The number of alkyl halides is 3. The van der Waals surface area contributed by atoms with E-state index >= 15 is 0 Å². The second kappa shape index (κ2) is 7.83. The van der Waals surface area contributed by atoms with Crippen molar-refractivity contribution in [3.8, 4) is 0 Å². The smallest absolute Gasteiger partial charge is 0.283 e. The molecule has 2 aromatic rings. The lowest BCUT2D eigenvalue weighted by Gasteiger charge is -2.08. The van der Waals surface area contributed by atoms with Gasteiger partial charge in [0, 0.05) is 4.90 Å². The van der Waals surface area contributed by atoms with E-state index in [-0.39, 0.29) is 4.91 Å². The number of hydrogen-bond donors (Lipinski definition) is 0. The first-order valence-corrected chi connectivity index (χ1v) is 7.56. The van der Waals surface area contributed by atoms with Crippen molar-refractivity contribution in [1.29, 1.82) is 0 Å². The molecule has 0 unspecified atom stereocenters. The third-order valence-electron chi connectivity index (χ3n) is 2.79. The highest BCUT2D eigenvalue weighted by Crippen LogP contribution is 2.32. The van der Waals surface area contributed by atoms with E-state index in [1.807, 2.05) is 30.3 Å². The number of carbonyl (C=O) groups is 1. The van der Waals surface area contributed by atoms with Gasteiger partial charge in [-0.2, -0.15) is 13.2 Å². The van der Waals surface area contributed by atoms with E-state index in [2.05, 4.69) is 0 Å². The molecule has 0 atom stereocenters. The summed E-state index contributed by atoms with van der Waals surface area (Å²) in [6.45, 7) is 0. The number of benzene rings is 2. The van der Waals surface area contributed by atoms with Gasteiger partial charge in [-0.1, -0.05) is 72.4 Å². The summed E-state index contributed by atoms with van der Waals surface area (Å²) in [7, 11) is 0. The Labute approximate surface area is 136 Å². The molecular formula is C18H13F3OS. The van der Waals surface area contributed by atoms with E-state index in [9.17, 15) is 18.0 Å². The highest BCUT2D eigenvalue weighted by Gasteiger charge is 2.40. The summed E-state index contributed by atoms with van der Waals surface area (Å²) >= 11 is 0.799. The maximum atomic E-state index is 12.7. The first-order valence-electron chi connectivity index (χ1n) is 6.74. The quantitative estimate of drug-likeness (QED) is 0.407. The largest absolute Gasteiger partial charge is 0.455 e. The Morgan fingerprint density at radius 2 is 1.48 bits per heavy atom. The predicted molar refractivity (Wildman–Crippen MR) is 86.9 cm³/mol. The molecule has 2 rings (SSSR count). The van der Waals surface area contributed by atoms with Crippen LogP contribution >= 0.6 is 11.8 Å². The van der Waals surface area contributed by atoms with Gasteiger partial charge in [0.2, 0.25) is 0 Å². The Bertz CT molecular complexity index is 704. The molecule has 0 radical (unpaired) electrons. The van der Waals surface area contributed by atoms with Crippen LogP contribution in [-0.2, 0) is 4.79 Å². The van der Waals surface area contributed by atoms with Crippen LogP contribution in [0.3, 0.4) is 0 Å². The van der Waals surface area contributed by atoms with Crippen LogP contribution < -0.4 is 0 Å². The van der Waals surface area contributed by atoms with Crippen LogP contribution in [0.4, 0.5) is 13.2 Å². The van der Waals surface area contributed by atoms with Crippen molar-refractivity contribution < 1.29 is 18.0 Å². The summed E-state index contributed by atoms with van der Waals surface area (Å²) in [5, 5.41) is 0. The number of hydrogen-bond acceptors (Lipinski definition) is 2. The third-order valence-corrected chi connectivity index (χ3v) is 3.84. The van der Waals surface area contributed by atoms with Crippen LogP contribution in [-0.4, -0.2) is 12.0 Å². The molecule has 0 amide bonds. The molecule has 0 bridgehead atoms. The highest BCUT2D eigenvalue weighted by atomic mass is 32.2. The molecule has 0 aliphatic rings. The maximum absolute atomic E-state index is 12.7. The van der Waals surface area contributed by atoms with Crippen LogP contribution in [0.25, 0.3) is 6.08 Å². The molecule has 0 saturated carbocycles. The molecule has 0 spiro atoms. The molecule has 0 aromatic heterocycles. The zero-order chi connectivity index (χ0) is 16.7. The Hall–Kier alpha value is -2.27. The molecule has 0 fully saturated rings. The van der Waals surface area contributed by atoms with Gasteiger partial charge in [0.1, 0.15) is 0 Å². The minimum Gasteiger partial charge on any atom is -0.283 e. The van der Waals surface area contributed by atoms with Crippen molar-refractivity contribution in [2.75, 3.05) is 0 Å². The second-order valence-corrected chi connectivity index (χ2v) is 5.66. The van der Waals surface area contributed by atoms with Crippen molar-refractivity contribution in [3.63, 3.8) is 0 Å². The van der Waals surface area contributed by atoms with Crippen molar-refractivity contribution >= 4 is 23.6 Å². The van der Waals surface area contributed by atoms with Gasteiger partial charge in [-0.05, 0) is 23.8 Å². The normalized spacial score (nSPS) is 12.6. The van der Waals surface area contributed by atoms with Gasteiger partial charge in [0.05, 0.1) is 4.91 Å². The van der Waals surface area contributed by atoms with Gasteiger partial charge in [0.25, 0.3) is 5.78 Å². The lowest BCUT2D eigenvalue weighted by molar-refractivity contribution is -0.165. The number of allylic oxidation sites excluding steroid dienone is 3. The molecule has 0 aliphatic heterocycles. The summed E-state index contributed by atoms with van der Waals surface area (Å²) in [6.07, 6.45) is -0.603. The van der Waals surface area contributed by atoms with Crippen LogP contribution in [0.15, 0.2) is 82.6 Å². The van der Waals surface area contributed by atoms with Gasteiger partial charge in [0.15, 0.2) is 0 Å². The van der Waals surface area contributed by atoms with Crippen molar-refractivity contribution in [3.05, 3.63) is 83.3 Å². The Morgan fingerprint density at radius 3 is 2.04 bits per heavy atom. The topological polar surface area (TPSA) is 17.1 Å². The second-order valence-electron chi connectivity index (χ2n) is 4.54. The number of thioether (sulfide) groups is 1. The number of carbonyl (C=O) groups excluding carboxylic acids is 1.